The molecule has 4 nitrogen and oxygen atoms in total. The van der Waals surface area contributed by atoms with Crippen molar-refractivity contribution in [1.29, 1.82) is 0 Å². The van der Waals surface area contributed by atoms with Gasteiger partial charge < -0.3 is 10.0 Å². The lowest BCUT2D eigenvalue weighted by molar-refractivity contribution is 0.136. The van der Waals surface area contributed by atoms with E-state index in [2.05, 4.69) is 28.7 Å². The zero-order chi connectivity index (χ0) is 13.3. The van der Waals surface area contributed by atoms with Crippen molar-refractivity contribution >= 4 is 17.4 Å². The number of nitrogens with zero attached hydrogens (tertiary/aromatic N) is 3. The van der Waals surface area contributed by atoms with E-state index in [-0.39, 0.29) is 12.0 Å². The number of aromatic nitrogens is 2. The molecule has 1 aromatic rings. The first-order valence-corrected chi connectivity index (χ1v) is 6.82. The van der Waals surface area contributed by atoms with Gasteiger partial charge in [0.25, 0.3) is 0 Å². The Morgan fingerprint density at radius 3 is 2.67 bits per heavy atom. The van der Waals surface area contributed by atoms with Gasteiger partial charge >= 0.3 is 0 Å². The molecule has 2 heterocycles. The smallest absolute Gasteiger partial charge is 0.135 e. The van der Waals surface area contributed by atoms with Gasteiger partial charge in [0.1, 0.15) is 16.8 Å². The summed E-state index contributed by atoms with van der Waals surface area (Å²) in [6, 6.07) is 1.80. The fourth-order valence-corrected chi connectivity index (χ4v) is 2.42. The van der Waals surface area contributed by atoms with E-state index in [1.807, 2.05) is 6.92 Å². The van der Waals surface area contributed by atoms with Crippen molar-refractivity contribution in [3.05, 3.63) is 17.0 Å². The Kier molecular flexibility index (Phi) is 4.07. The molecule has 0 aromatic carbocycles. The van der Waals surface area contributed by atoms with Crippen LogP contribution in [0.4, 0.5) is 5.82 Å². The maximum absolute atomic E-state index is 9.63. The van der Waals surface area contributed by atoms with Crippen LogP contribution in [0, 0.1) is 5.92 Å². The highest BCUT2D eigenvalue weighted by atomic mass is 35.5. The van der Waals surface area contributed by atoms with E-state index >= 15 is 0 Å². The molecule has 0 aliphatic carbocycles. The van der Waals surface area contributed by atoms with Gasteiger partial charge in [0.15, 0.2) is 0 Å². The summed E-state index contributed by atoms with van der Waals surface area (Å²) in [5.41, 5.74) is 0. The summed E-state index contributed by atoms with van der Waals surface area (Å²) in [6.45, 7) is 7.71. The van der Waals surface area contributed by atoms with Crippen LogP contribution in [-0.4, -0.2) is 34.3 Å². The van der Waals surface area contributed by atoms with Gasteiger partial charge in [-0.3, -0.25) is 0 Å². The number of hydrogen-bond donors (Lipinski definition) is 1. The van der Waals surface area contributed by atoms with Crippen molar-refractivity contribution in [2.24, 2.45) is 5.92 Å². The van der Waals surface area contributed by atoms with Crippen LogP contribution in [0.25, 0.3) is 0 Å². The van der Waals surface area contributed by atoms with Crippen LogP contribution in [0.2, 0.25) is 5.15 Å². The highest BCUT2D eigenvalue weighted by Gasteiger charge is 2.27. The predicted octanol–water partition coefficient (Wildman–Crippen LogP) is 2.46. The lowest BCUT2D eigenvalue weighted by Crippen LogP contribution is -2.25. The Morgan fingerprint density at radius 1 is 1.39 bits per heavy atom. The number of hydrogen-bond acceptors (Lipinski definition) is 4. The molecule has 18 heavy (non-hydrogen) atoms. The van der Waals surface area contributed by atoms with Gasteiger partial charge in [-0.05, 0) is 13.3 Å². The zero-order valence-electron chi connectivity index (χ0n) is 11.1. The summed E-state index contributed by atoms with van der Waals surface area (Å²) >= 11 is 6.04. The maximum Gasteiger partial charge on any atom is 0.135 e. The number of aliphatic hydroxyl groups excluding tert-OH is 1. The number of aliphatic hydroxyl groups is 1. The Bertz CT molecular complexity index is 423. The molecular formula is C13H20ClN3O. The molecule has 100 valence electrons. The van der Waals surface area contributed by atoms with E-state index in [0.29, 0.717) is 11.1 Å². The quantitative estimate of drug-likeness (QED) is 0.857. The van der Waals surface area contributed by atoms with Gasteiger partial charge in [-0.2, -0.15) is 0 Å². The molecule has 0 amide bonds. The van der Waals surface area contributed by atoms with Gasteiger partial charge in [-0.1, -0.05) is 25.4 Å². The molecule has 1 saturated heterocycles. The van der Waals surface area contributed by atoms with Crippen LogP contribution in [0.15, 0.2) is 6.07 Å². The van der Waals surface area contributed by atoms with Crippen molar-refractivity contribution in [1.82, 2.24) is 9.97 Å². The maximum atomic E-state index is 9.63. The molecule has 1 N–H and O–H groups in total. The highest BCUT2D eigenvalue weighted by Crippen LogP contribution is 2.26. The van der Waals surface area contributed by atoms with E-state index in [9.17, 15) is 5.11 Å². The zero-order valence-corrected chi connectivity index (χ0v) is 11.9. The summed E-state index contributed by atoms with van der Waals surface area (Å²) in [7, 11) is 0. The minimum Gasteiger partial charge on any atom is -0.393 e. The minimum atomic E-state index is -0.267. The first-order chi connectivity index (χ1) is 8.47. The average molecular weight is 270 g/mol. The Balaban J connectivity index is 2.19. The molecule has 5 heteroatoms. The fraction of sp³-hybridized carbons (Fsp3) is 0.692. The van der Waals surface area contributed by atoms with Crippen LogP contribution < -0.4 is 4.90 Å². The third-order valence-electron chi connectivity index (χ3n) is 3.45. The van der Waals surface area contributed by atoms with Crippen molar-refractivity contribution in [2.45, 2.75) is 39.2 Å². The Hall–Kier alpha value is -0.870. The summed E-state index contributed by atoms with van der Waals surface area (Å²) in [4.78, 5) is 11.0. The van der Waals surface area contributed by atoms with E-state index in [0.717, 1.165) is 31.2 Å². The van der Waals surface area contributed by atoms with E-state index in [1.165, 1.54) is 0 Å². The predicted molar refractivity (Wildman–Crippen MR) is 73.1 cm³/mol. The van der Waals surface area contributed by atoms with Gasteiger partial charge in [0, 0.05) is 31.0 Å². The molecule has 0 saturated carbocycles. The van der Waals surface area contributed by atoms with Gasteiger partial charge in [0.05, 0.1) is 6.10 Å². The lowest BCUT2D eigenvalue weighted by atomic mass is 10.0. The van der Waals surface area contributed by atoms with Crippen molar-refractivity contribution < 1.29 is 5.11 Å². The second-order valence-electron chi connectivity index (χ2n) is 5.30. The third-order valence-corrected chi connectivity index (χ3v) is 3.64. The largest absolute Gasteiger partial charge is 0.393 e. The standard InChI is InChI=1S/C13H20ClN3O/c1-8(2)13-15-11(14)6-12(16-13)17-5-4-10(7-17)9(3)18/h6,8-10,18H,4-5,7H2,1-3H3. The van der Waals surface area contributed by atoms with Crippen LogP contribution in [0.5, 0.6) is 0 Å². The molecule has 0 radical (unpaired) electrons. The topological polar surface area (TPSA) is 49.2 Å². The number of halogens is 1. The van der Waals surface area contributed by atoms with Gasteiger partial charge in [-0.25, -0.2) is 9.97 Å². The molecule has 0 spiro atoms. The molecule has 1 aliphatic heterocycles. The Labute approximate surface area is 113 Å². The number of anilines is 1. The average Bonchev–Trinajstić information content (AvgIpc) is 2.77. The van der Waals surface area contributed by atoms with Crippen LogP contribution >= 0.6 is 11.6 Å². The van der Waals surface area contributed by atoms with Crippen molar-refractivity contribution in [3.8, 4) is 0 Å². The molecule has 1 aromatic heterocycles. The molecule has 2 unspecified atom stereocenters. The molecule has 1 aliphatic rings. The summed E-state index contributed by atoms with van der Waals surface area (Å²) in [6.07, 6.45) is 0.730. The van der Waals surface area contributed by atoms with Gasteiger partial charge in [-0.15, -0.1) is 0 Å². The third kappa shape index (κ3) is 2.93. The first-order valence-electron chi connectivity index (χ1n) is 6.45. The van der Waals surface area contributed by atoms with Gasteiger partial charge in [0.2, 0.25) is 0 Å². The molecule has 2 rings (SSSR count). The van der Waals surface area contributed by atoms with E-state index < -0.39 is 0 Å². The fourth-order valence-electron chi connectivity index (χ4n) is 2.23. The van der Waals surface area contributed by atoms with Crippen molar-refractivity contribution in [3.63, 3.8) is 0 Å². The second kappa shape index (κ2) is 5.41. The van der Waals surface area contributed by atoms with Crippen LogP contribution in [-0.2, 0) is 0 Å². The first kappa shape index (κ1) is 13.6. The highest BCUT2D eigenvalue weighted by molar-refractivity contribution is 6.29. The molecule has 0 bridgehead atoms. The Morgan fingerprint density at radius 2 is 2.11 bits per heavy atom. The monoisotopic (exact) mass is 269 g/mol. The molecule has 1 fully saturated rings. The SMILES string of the molecule is CC(C)c1nc(Cl)cc(N2CCC(C(C)O)C2)n1. The second-order valence-corrected chi connectivity index (χ2v) is 5.68. The summed E-state index contributed by atoms with van der Waals surface area (Å²) < 4.78 is 0. The lowest BCUT2D eigenvalue weighted by Gasteiger charge is -2.19. The van der Waals surface area contributed by atoms with Crippen LogP contribution in [0.1, 0.15) is 38.9 Å². The summed E-state index contributed by atoms with van der Waals surface area (Å²) in [5.74, 6) is 2.23. The molecule has 2 atom stereocenters. The molecular weight excluding hydrogens is 250 g/mol. The number of rotatable bonds is 3. The van der Waals surface area contributed by atoms with Crippen molar-refractivity contribution in [2.75, 3.05) is 18.0 Å². The summed E-state index contributed by atoms with van der Waals surface area (Å²) in [5, 5.41) is 10.1. The van der Waals surface area contributed by atoms with E-state index in [4.69, 9.17) is 11.6 Å². The van der Waals surface area contributed by atoms with E-state index in [1.54, 1.807) is 6.07 Å². The minimum absolute atomic E-state index is 0.262. The normalized spacial score (nSPS) is 21.7. The van der Waals surface area contributed by atoms with Crippen LogP contribution in [0.3, 0.4) is 0 Å².